The molecule has 2 aromatic rings. The molecule has 1 fully saturated rings. The van der Waals surface area contributed by atoms with E-state index in [1.807, 2.05) is 0 Å². The highest BCUT2D eigenvalue weighted by atomic mass is 16.7. The van der Waals surface area contributed by atoms with Crippen LogP contribution >= 0.6 is 0 Å². The van der Waals surface area contributed by atoms with E-state index in [2.05, 4.69) is 0 Å². The Morgan fingerprint density at radius 3 is 2.30 bits per heavy atom. The first-order valence-electron chi connectivity index (χ1n) is 11.9. The topological polar surface area (TPSA) is 197 Å². The van der Waals surface area contributed by atoms with Crippen LogP contribution in [0.1, 0.15) is 68.8 Å². The van der Waals surface area contributed by atoms with Crippen molar-refractivity contribution in [3.63, 3.8) is 0 Å². The van der Waals surface area contributed by atoms with Gasteiger partial charge in [-0.25, -0.2) is 0 Å². The van der Waals surface area contributed by atoms with E-state index >= 15 is 0 Å². The standard InChI is InChI=1S/C26H27NO10/c1-10-21(30)14(27)6-17(36-10)37-15-8-26(35,16(29)9-28)7-13-18(15)25(34)20-19(24(13)33)22(31)11-4-2-3-5-12(11)23(20)32/h2-5,10,14-15,17,21,28,30,33-35H,6-9,27H2,1H3/t10?,14?,15?,17?,21?,26-/m0/s1. The maximum Gasteiger partial charge on any atom is 0.198 e. The van der Waals surface area contributed by atoms with E-state index in [0.717, 1.165) is 0 Å². The Balaban J connectivity index is 1.67. The van der Waals surface area contributed by atoms with Gasteiger partial charge < -0.3 is 40.7 Å². The van der Waals surface area contributed by atoms with Gasteiger partial charge in [-0.15, -0.1) is 0 Å². The molecular formula is C26H27NO10. The molecule has 3 aliphatic rings. The second kappa shape index (κ2) is 8.98. The predicted molar refractivity (Wildman–Crippen MR) is 125 cm³/mol. The number of carbonyl (C=O) groups excluding carboxylic acids is 3. The summed E-state index contributed by atoms with van der Waals surface area (Å²) in [7, 11) is 0. The second-order valence-corrected chi connectivity index (χ2v) is 9.82. The number of benzene rings is 2. The van der Waals surface area contributed by atoms with E-state index in [0.29, 0.717) is 0 Å². The lowest BCUT2D eigenvalue weighted by Crippen LogP contribution is -2.53. The average molecular weight is 513 g/mol. The third-order valence-corrected chi connectivity index (χ3v) is 7.50. The first-order valence-corrected chi connectivity index (χ1v) is 11.9. The van der Waals surface area contributed by atoms with Gasteiger partial charge in [-0.1, -0.05) is 24.3 Å². The Morgan fingerprint density at radius 2 is 1.73 bits per heavy atom. The van der Waals surface area contributed by atoms with Crippen molar-refractivity contribution >= 4 is 17.3 Å². The summed E-state index contributed by atoms with van der Waals surface area (Å²) in [5.41, 5.74) is 2.78. The van der Waals surface area contributed by atoms with Gasteiger partial charge in [-0.05, 0) is 6.92 Å². The van der Waals surface area contributed by atoms with Gasteiger partial charge in [-0.3, -0.25) is 14.4 Å². The number of hydrogen-bond acceptors (Lipinski definition) is 11. The number of phenols is 2. The number of rotatable bonds is 4. The molecule has 0 spiro atoms. The first-order chi connectivity index (χ1) is 17.5. The molecule has 11 nitrogen and oxygen atoms in total. The molecule has 6 atom stereocenters. The number of hydrogen-bond donors (Lipinski definition) is 6. The van der Waals surface area contributed by atoms with Crippen LogP contribution in [0.4, 0.5) is 0 Å². The maximum absolute atomic E-state index is 13.3. The zero-order valence-corrected chi connectivity index (χ0v) is 19.9. The normalized spacial score (nSPS) is 30.9. The molecule has 11 heteroatoms. The lowest BCUT2D eigenvalue weighted by molar-refractivity contribution is -0.247. The van der Waals surface area contributed by atoms with Crippen molar-refractivity contribution in [2.45, 2.75) is 62.4 Å². The van der Waals surface area contributed by atoms with Gasteiger partial charge in [0.25, 0.3) is 0 Å². The van der Waals surface area contributed by atoms with E-state index in [1.165, 1.54) is 12.1 Å². The van der Waals surface area contributed by atoms with Gasteiger partial charge in [0.15, 0.2) is 23.6 Å². The van der Waals surface area contributed by atoms with Crippen LogP contribution in [0.2, 0.25) is 0 Å². The Hall–Kier alpha value is -3.19. The van der Waals surface area contributed by atoms with Crippen molar-refractivity contribution in [1.29, 1.82) is 0 Å². The van der Waals surface area contributed by atoms with Crippen LogP contribution in [-0.4, -0.2) is 79.6 Å². The highest BCUT2D eigenvalue weighted by Crippen LogP contribution is 2.52. The molecule has 37 heavy (non-hydrogen) atoms. The third kappa shape index (κ3) is 3.86. The van der Waals surface area contributed by atoms with Crippen LogP contribution in [0, 0.1) is 0 Å². The zero-order valence-electron chi connectivity index (χ0n) is 19.9. The number of aromatic hydroxyl groups is 2. The number of Topliss-reactive ketones (excluding diaryl/α,β-unsaturated/α-hetero) is 1. The number of carbonyl (C=O) groups is 3. The van der Waals surface area contributed by atoms with Crippen molar-refractivity contribution in [1.82, 2.24) is 0 Å². The Kier molecular flexibility index (Phi) is 6.18. The molecule has 2 aliphatic carbocycles. The minimum atomic E-state index is -2.22. The van der Waals surface area contributed by atoms with Crippen LogP contribution in [0.25, 0.3) is 0 Å². The molecule has 0 saturated carbocycles. The number of ether oxygens (including phenoxy) is 2. The fraction of sp³-hybridized carbons (Fsp3) is 0.423. The van der Waals surface area contributed by atoms with Crippen molar-refractivity contribution in [2.24, 2.45) is 5.73 Å². The highest BCUT2D eigenvalue weighted by molar-refractivity contribution is 6.30. The minimum absolute atomic E-state index is 0.0339. The molecule has 0 aromatic heterocycles. The monoisotopic (exact) mass is 513 g/mol. The molecular weight excluding hydrogens is 486 g/mol. The molecule has 2 aromatic carbocycles. The van der Waals surface area contributed by atoms with Crippen LogP contribution in [0.3, 0.4) is 0 Å². The molecule has 5 rings (SSSR count). The van der Waals surface area contributed by atoms with Crippen LogP contribution in [-0.2, 0) is 20.7 Å². The molecule has 0 bridgehead atoms. The zero-order chi connectivity index (χ0) is 26.8. The summed E-state index contributed by atoms with van der Waals surface area (Å²) in [6.45, 7) is 0.580. The van der Waals surface area contributed by atoms with E-state index < -0.39 is 95.7 Å². The first kappa shape index (κ1) is 25.5. The number of aliphatic hydroxyl groups excluding tert-OH is 2. The van der Waals surface area contributed by atoms with Crippen molar-refractivity contribution in [3.05, 3.63) is 57.6 Å². The van der Waals surface area contributed by atoms with Crippen LogP contribution in [0.15, 0.2) is 24.3 Å². The largest absolute Gasteiger partial charge is 0.507 e. The molecule has 1 saturated heterocycles. The number of ketones is 3. The average Bonchev–Trinajstić information content (AvgIpc) is 2.87. The number of nitrogens with two attached hydrogens (primary N) is 1. The van der Waals surface area contributed by atoms with Gasteiger partial charge in [0.05, 0.1) is 29.4 Å². The lowest BCUT2D eigenvalue weighted by Gasteiger charge is -2.42. The summed E-state index contributed by atoms with van der Waals surface area (Å²) < 4.78 is 11.7. The predicted octanol–water partition coefficient (Wildman–Crippen LogP) is -0.00730. The summed E-state index contributed by atoms with van der Waals surface area (Å²) in [6.07, 6.45) is -4.97. The summed E-state index contributed by atoms with van der Waals surface area (Å²) in [4.78, 5) is 39.2. The lowest BCUT2D eigenvalue weighted by atomic mass is 9.72. The smallest absolute Gasteiger partial charge is 0.198 e. The van der Waals surface area contributed by atoms with E-state index in [4.69, 9.17) is 15.2 Å². The minimum Gasteiger partial charge on any atom is -0.507 e. The van der Waals surface area contributed by atoms with Crippen molar-refractivity contribution in [2.75, 3.05) is 6.61 Å². The van der Waals surface area contributed by atoms with Crippen molar-refractivity contribution in [3.8, 4) is 11.5 Å². The van der Waals surface area contributed by atoms with Crippen LogP contribution < -0.4 is 5.73 Å². The van der Waals surface area contributed by atoms with Gasteiger partial charge in [0.2, 0.25) is 0 Å². The van der Waals surface area contributed by atoms with Gasteiger partial charge >= 0.3 is 0 Å². The fourth-order valence-corrected chi connectivity index (χ4v) is 5.51. The molecule has 0 amide bonds. The van der Waals surface area contributed by atoms with Crippen LogP contribution in [0.5, 0.6) is 11.5 Å². The summed E-state index contributed by atoms with van der Waals surface area (Å²) in [5.74, 6) is -3.63. The Bertz CT molecular complexity index is 1310. The summed E-state index contributed by atoms with van der Waals surface area (Å²) >= 11 is 0. The van der Waals surface area contributed by atoms with Crippen molar-refractivity contribution < 1.29 is 49.4 Å². The second-order valence-electron chi connectivity index (χ2n) is 9.82. The van der Waals surface area contributed by atoms with E-state index in [1.54, 1.807) is 19.1 Å². The molecule has 0 radical (unpaired) electrons. The highest BCUT2D eigenvalue weighted by Gasteiger charge is 2.49. The van der Waals surface area contributed by atoms with Gasteiger partial charge in [0, 0.05) is 47.6 Å². The fourth-order valence-electron chi connectivity index (χ4n) is 5.51. The third-order valence-electron chi connectivity index (χ3n) is 7.50. The summed E-state index contributed by atoms with van der Waals surface area (Å²) in [5, 5.41) is 53.4. The Morgan fingerprint density at radius 1 is 1.14 bits per heavy atom. The van der Waals surface area contributed by atoms with E-state index in [9.17, 15) is 39.9 Å². The van der Waals surface area contributed by atoms with Gasteiger partial charge in [-0.2, -0.15) is 0 Å². The number of phenolic OH excluding ortho intramolecular Hbond substituents is 2. The number of aliphatic hydroxyl groups is 3. The van der Waals surface area contributed by atoms with E-state index in [-0.39, 0.29) is 28.7 Å². The summed E-state index contributed by atoms with van der Waals surface area (Å²) in [6, 6.07) is 5.27. The molecule has 196 valence electrons. The quantitative estimate of drug-likeness (QED) is 0.257. The molecule has 5 unspecified atom stereocenters. The molecule has 7 N–H and O–H groups in total. The molecule has 1 heterocycles. The molecule has 1 aliphatic heterocycles. The SMILES string of the molecule is CC1OC(OC2C[C@](O)(C(=O)CO)Cc3c(O)c4c(c(O)c32)C(=O)c2ccccc2C4=O)CC(N)C1O. The maximum atomic E-state index is 13.3. The Labute approximate surface area is 211 Å². The van der Waals surface area contributed by atoms with Gasteiger partial charge in [0.1, 0.15) is 23.7 Å². The number of fused-ring (bicyclic) bond motifs is 3.